The maximum atomic E-state index is 12.6. The van der Waals surface area contributed by atoms with Crippen LogP contribution in [0.1, 0.15) is 57.6 Å². The summed E-state index contributed by atoms with van der Waals surface area (Å²) in [6, 6.07) is 6.07. The van der Waals surface area contributed by atoms with Gasteiger partial charge in [0.05, 0.1) is 5.92 Å². The van der Waals surface area contributed by atoms with Gasteiger partial charge < -0.3 is 15.0 Å². The molecule has 1 aliphatic carbocycles. The molecule has 2 fully saturated rings. The number of likely N-dealkylation sites (tertiary alicyclic amines) is 1. The highest BCUT2D eigenvalue weighted by Gasteiger charge is 2.42. The van der Waals surface area contributed by atoms with E-state index >= 15 is 0 Å². The van der Waals surface area contributed by atoms with Gasteiger partial charge in [0.2, 0.25) is 5.91 Å². The van der Waals surface area contributed by atoms with Gasteiger partial charge in [-0.2, -0.15) is 0 Å². The second kappa shape index (κ2) is 9.63. The molecule has 3 rings (SSSR count). The molecule has 6 heteroatoms. The van der Waals surface area contributed by atoms with E-state index in [1.54, 1.807) is 0 Å². The second-order valence-corrected chi connectivity index (χ2v) is 8.90. The largest absolute Gasteiger partial charge is 0.455 e. The first-order chi connectivity index (χ1) is 14.3. The molecule has 30 heavy (non-hydrogen) atoms. The SMILES string of the molecule is CCc1cccc(C)c1NC(=O)COC(=O)[C@H]1CC(=O)N([C@@H]2CCC[C@H](C)[C@@H]2C)C1. The summed E-state index contributed by atoms with van der Waals surface area (Å²) in [6.07, 6.45) is 4.29. The smallest absolute Gasteiger partial charge is 0.311 e. The summed E-state index contributed by atoms with van der Waals surface area (Å²) < 4.78 is 5.28. The molecular formula is C24H34N2O4. The van der Waals surface area contributed by atoms with E-state index in [-0.39, 0.29) is 30.9 Å². The number of carbonyl (C=O) groups excluding carboxylic acids is 3. The van der Waals surface area contributed by atoms with Crippen LogP contribution in [-0.2, 0) is 25.5 Å². The fourth-order valence-electron chi connectivity index (χ4n) is 4.84. The molecule has 4 atom stereocenters. The Bertz CT molecular complexity index is 806. The van der Waals surface area contributed by atoms with Crippen molar-refractivity contribution in [1.29, 1.82) is 0 Å². The highest BCUT2D eigenvalue weighted by Crippen LogP contribution is 2.36. The summed E-state index contributed by atoms with van der Waals surface area (Å²) in [5.41, 5.74) is 2.80. The Kier molecular flexibility index (Phi) is 7.16. The van der Waals surface area contributed by atoms with Crippen LogP contribution in [0.5, 0.6) is 0 Å². The van der Waals surface area contributed by atoms with Crippen molar-refractivity contribution in [2.24, 2.45) is 17.8 Å². The molecule has 1 saturated heterocycles. The van der Waals surface area contributed by atoms with Gasteiger partial charge in [-0.25, -0.2) is 0 Å². The van der Waals surface area contributed by atoms with Crippen LogP contribution in [0.25, 0.3) is 0 Å². The fraction of sp³-hybridized carbons (Fsp3) is 0.625. The molecule has 0 bridgehead atoms. The number of benzene rings is 1. The maximum absolute atomic E-state index is 12.6. The normalized spacial score (nSPS) is 26.5. The molecule has 1 aromatic rings. The zero-order valence-electron chi connectivity index (χ0n) is 18.6. The second-order valence-electron chi connectivity index (χ2n) is 8.90. The number of rotatable bonds is 6. The van der Waals surface area contributed by atoms with Crippen molar-refractivity contribution in [2.45, 2.75) is 65.8 Å². The minimum atomic E-state index is -0.487. The van der Waals surface area contributed by atoms with Crippen LogP contribution in [0.15, 0.2) is 18.2 Å². The lowest BCUT2D eigenvalue weighted by Crippen LogP contribution is -2.45. The Labute approximate surface area is 179 Å². The standard InChI is InChI=1S/C24H34N2O4/c1-5-18-10-6-9-16(3)23(18)25-21(27)14-30-24(29)19-12-22(28)26(13-19)20-11-7-8-15(2)17(20)4/h6,9-10,15,17,19-20H,5,7-8,11-14H2,1-4H3,(H,25,27)/t15-,17-,19-,20+/m0/s1. The van der Waals surface area contributed by atoms with Crippen molar-refractivity contribution in [3.8, 4) is 0 Å². The van der Waals surface area contributed by atoms with Crippen molar-refractivity contribution < 1.29 is 19.1 Å². The fourth-order valence-corrected chi connectivity index (χ4v) is 4.84. The summed E-state index contributed by atoms with van der Waals surface area (Å²) in [5, 5.41) is 2.86. The van der Waals surface area contributed by atoms with E-state index in [4.69, 9.17) is 4.74 Å². The van der Waals surface area contributed by atoms with E-state index in [9.17, 15) is 14.4 Å². The molecule has 0 unspecified atom stereocenters. The van der Waals surface area contributed by atoms with Crippen molar-refractivity contribution >= 4 is 23.5 Å². The number of carbonyl (C=O) groups is 3. The van der Waals surface area contributed by atoms with E-state index in [0.717, 1.165) is 36.1 Å². The van der Waals surface area contributed by atoms with Crippen molar-refractivity contribution in [2.75, 3.05) is 18.5 Å². The molecule has 0 radical (unpaired) electrons. The molecule has 164 valence electrons. The summed E-state index contributed by atoms with van der Waals surface area (Å²) in [5.74, 6) is -0.258. The summed E-state index contributed by atoms with van der Waals surface area (Å²) in [4.78, 5) is 39.3. The summed E-state index contributed by atoms with van der Waals surface area (Å²) >= 11 is 0. The number of anilines is 1. The number of ether oxygens (including phenoxy) is 1. The van der Waals surface area contributed by atoms with E-state index in [1.807, 2.05) is 36.9 Å². The average Bonchev–Trinajstić information content (AvgIpc) is 3.11. The van der Waals surface area contributed by atoms with Crippen LogP contribution in [0.2, 0.25) is 0 Å². The monoisotopic (exact) mass is 414 g/mol. The van der Waals surface area contributed by atoms with Gasteiger partial charge in [-0.15, -0.1) is 0 Å². The van der Waals surface area contributed by atoms with E-state index in [1.165, 1.54) is 6.42 Å². The molecule has 6 nitrogen and oxygen atoms in total. The molecule has 1 heterocycles. The highest BCUT2D eigenvalue weighted by atomic mass is 16.5. The molecule has 1 saturated carbocycles. The van der Waals surface area contributed by atoms with Gasteiger partial charge in [-0.1, -0.05) is 51.8 Å². The third-order valence-corrected chi connectivity index (χ3v) is 6.91. The third-order valence-electron chi connectivity index (χ3n) is 6.91. The first kappa shape index (κ1) is 22.3. The topological polar surface area (TPSA) is 75.7 Å². The number of nitrogens with zero attached hydrogens (tertiary/aromatic N) is 1. The van der Waals surface area contributed by atoms with Crippen LogP contribution in [0.3, 0.4) is 0 Å². The van der Waals surface area contributed by atoms with Crippen LogP contribution in [0.4, 0.5) is 5.69 Å². The lowest BCUT2D eigenvalue weighted by molar-refractivity contribution is -0.151. The molecule has 2 aliphatic rings. The average molecular weight is 415 g/mol. The van der Waals surface area contributed by atoms with Gasteiger partial charge in [0.1, 0.15) is 0 Å². The van der Waals surface area contributed by atoms with Crippen LogP contribution >= 0.6 is 0 Å². The van der Waals surface area contributed by atoms with Crippen LogP contribution in [-0.4, -0.2) is 41.9 Å². The zero-order valence-corrected chi connectivity index (χ0v) is 18.6. The summed E-state index contributed by atoms with van der Waals surface area (Å²) in [6.45, 7) is 8.47. The van der Waals surface area contributed by atoms with E-state index < -0.39 is 11.9 Å². The number of esters is 1. The van der Waals surface area contributed by atoms with Crippen LogP contribution < -0.4 is 5.32 Å². The maximum Gasteiger partial charge on any atom is 0.311 e. The van der Waals surface area contributed by atoms with E-state index in [0.29, 0.717) is 18.4 Å². The molecule has 2 amide bonds. The highest BCUT2D eigenvalue weighted by molar-refractivity contribution is 5.95. The minimum absolute atomic E-state index is 0.0276. The Morgan fingerprint density at radius 3 is 2.73 bits per heavy atom. The van der Waals surface area contributed by atoms with Crippen molar-refractivity contribution in [3.63, 3.8) is 0 Å². The predicted octanol–water partition coefficient (Wildman–Crippen LogP) is 3.71. The minimum Gasteiger partial charge on any atom is -0.455 e. The van der Waals surface area contributed by atoms with Gasteiger partial charge >= 0.3 is 5.97 Å². The molecule has 1 N–H and O–H groups in total. The lowest BCUT2D eigenvalue weighted by Gasteiger charge is -2.39. The van der Waals surface area contributed by atoms with Gasteiger partial charge in [-0.05, 0) is 42.7 Å². The summed E-state index contributed by atoms with van der Waals surface area (Å²) in [7, 11) is 0. The molecule has 0 spiro atoms. The molecule has 1 aliphatic heterocycles. The Balaban J connectivity index is 1.53. The lowest BCUT2D eigenvalue weighted by atomic mass is 9.77. The van der Waals surface area contributed by atoms with E-state index in [2.05, 4.69) is 19.2 Å². The van der Waals surface area contributed by atoms with Gasteiger partial charge in [0.15, 0.2) is 6.61 Å². The first-order valence-electron chi connectivity index (χ1n) is 11.2. The number of amides is 2. The predicted molar refractivity (Wildman–Crippen MR) is 116 cm³/mol. The third kappa shape index (κ3) is 4.85. The Hall–Kier alpha value is -2.37. The first-order valence-corrected chi connectivity index (χ1v) is 11.2. The zero-order chi connectivity index (χ0) is 21.8. The van der Waals surface area contributed by atoms with Gasteiger partial charge in [-0.3, -0.25) is 14.4 Å². The molecule has 0 aromatic heterocycles. The van der Waals surface area contributed by atoms with Crippen molar-refractivity contribution in [1.82, 2.24) is 4.90 Å². The van der Waals surface area contributed by atoms with Crippen LogP contribution in [0, 0.1) is 24.7 Å². The number of aryl methyl sites for hydroxylation is 2. The van der Waals surface area contributed by atoms with Gasteiger partial charge in [0, 0.05) is 24.7 Å². The van der Waals surface area contributed by atoms with Gasteiger partial charge in [0.25, 0.3) is 5.91 Å². The Morgan fingerprint density at radius 2 is 2.00 bits per heavy atom. The number of para-hydroxylation sites is 1. The van der Waals surface area contributed by atoms with Crippen molar-refractivity contribution in [3.05, 3.63) is 29.3 Å². The number of hydrogen-bond donors (Lipinski definition) is 1. The quantitative estimate of drug-likeness (QED) is 0.720. The molecular weight excluding hydrogens is 380 g/mol. The Morgan fingerprint density at radius 1 is 1.23 bits per heavy atom. The molecule has 1 aromatic carbocycles. The number of nitrogens with one attached hydrogen (secondary N) is 1. The number of hydrogen-bond acceptors (Lipinski definition) is 4.